The van der Waals surface area contributed by atoms with Crippen LogP contribution in [0, 0.1) is 0 Å². The molecule has 0 unspecified atom stereocenters. The number of thioether (sulfide) groups is 1. The van der Waals surface area contributed by atoms with E-state index in [0.717, 1.165) is 6.08 Å². The van der Waals surface area contributed by atoms with Gasteiger partial charge in [0.25, 0.3) is 5.91 Å². The Morgan fingerprint density at radius 3 is 2.88 bits per heavy atom. The number of isocyanates is 1. The van der Waals surface area contributed by atoms with Gasteiger partial charge in [-0.2, -0.15) is 11.8 Å². The summed E-state index contributed by atoms with van der Waals surface area (Å²) < 4.78 is 0. The van der Waals surface area contributed by atoms with Crippen molar-refractivity contribution in [3.8, 4) is 0 Å². The monoisotopic (exact) mass is 131 g/mol. The van der Waals surface area contributed by atoms with E-state index in [1.807, 2.05) is 0 Å². The first-order valence-corrected chi connectivity index (χ1v) is 3.30. The number of hydrogen-bond acceptors (Lipinski definition) is 3. The summed E-state index contributed by atoms with van der Waals surface area (Å²) in [7, 11) is 0. The molecule has 0 aliphatic heterocycles. The molecule has 0 aromatic heterocycles. The van der Waals surface area contributed by atoms with Crippen molar-refractivity contribution in [1.82, 2.24) is 0 Å². The molecule has 0 atom stereocenters. The maximum atomic E-state index is 10.2. The average Bonchev–Trinajstić information content (AvgIpc) is 1.68. The van der Waals surface area contributed by atoms with Crippen LogP contribution in [-0.2, 0) is 9.59 Å². The molecule has 0 bridgehead atoms. The second kappa shape index (κ2) is 4.56. The molecule has 0 aromatic carbocycles. The zero-order valence-corrected chi connectivity index (χ0v) is 5.20. The van der Waals surface area contributed by atoms with Crippen LogP contribution in [0.25, 0.3) is 0 Å². The molecule has 1 amide bonds. The molecular weight excluding hydrogens is 126 g/mol. The highest BCUT2D eigenvalue weighted by atomic mass is 32.2. The molecule has 0 aliphatic carbocycles. The topological polar surface area (TPSA) is 46.5 Å². The summed E-state index contributed by atoms with van der Waals surface area (Å²) in [4.78, 5) is 22.4. The highest BCUT2D eigenvalue weighted by molar-refractivity contribution is 7.99. The van der Waals surface area contributed by atoms with Gasteiger partial charge < -0.3 is 0 Å². The lowest BCUT2D eigenvalue weighted by atomic mass is 10.7. The first kappa shape index (κ1) is 7.40. The molecule has 0 radical (unpaired) electrons. The van der Waals surface area contributed by atoms with Gasteiger partial charge in [0.1, 0.15) is 0 Å². The Kier molecular flexibility index (Phi) is 4.21. The number of carbonyl (C=O) groups is 1. The van der Waals surface area contributed by atoms with Gasteiger partial charge in [-0.3, -0.25) is 4.79 Å². The third kappa shape index (κ3) is 3.59. The van der Waals surface area contributed by atoms with Gasteiger partial charge >= 0.3 is 0 Å². The maximum Gasteiger partial charge on any atom is 0.266 e. The predicted molar refractivity (Wildman–Crippen MR) is 31.5 cm³/mol. The summed E-state index contributed by atoms with van der Waals surface area (Å²) in [6, 6.07) is 0. The lowest BCUT2D eigenvalue weighted by Crippen LogP contribution is -1.94. The largest absolute Gasteiger partial charge is 0.271 e. The summed E-state index contributed by atoms with van der Waals surface area (Å²) in [5.74, 6) is -0.164. The molecule has 44 valence electrons. The van der Waals surface area contributed by atoms with E-state index >= 15 is 0 Å². The number of hydrogen-bond donors (Lipinski definition) is 0. The maximum absolute atomic E-state index is 10.2. The zero-order valence-electron chi connectivity index (χ0n) is 4.38. The van der Waals surface area contributed by atoms with Crippen LogP contribution in [0.5, 0.6) is 0 Å². The van der Waals surface area contributed by atoms with E-state index in [-0.39, 0.29) is 5.75 Å². The summed E-state index contributed by atoms with van der Waals surface area (Å²) in [5, 5.41) is 0. The molecular formula is C4H5NO2S. The van der Waals surface area contributed by atoms with Crippen molar-refractivity contribution in [2.45, 2.75) is 0 Å². The Balaban J connectivity index is 3.49. The molecule has 0 rings (SSSR count). The summed E-state index contributed by atoms with van der Waals surface area (Å²) in [6.45, 7) is 0. The van der Waals surface area contributed by atoms with E-state index in [4.69, 9.17) is 0 Å². The summed E-state index contributed by atoms with van der Waals surface area (Å²) in [5.41, 5.74) is 0. The van der Waals surface area contributed by atoms with Gasteiger partial charge in [0, 0.05) is 0 Å². The molecule has 4 heteroatoms. The Bertz CT molecular complexity index is 128. The minimum Gasteiger partial charge on any atom is -0.271 e. The minimum absolute atomic E-state index is 0.259. The van der Waals surface area contributed by atoms with E-state index in [2.05, 4.69) is 4.99 Å². The van der Waals surface area contributed by atoms with Crippen molar-refractivity contribution in [3.63, 3.8) is 0 Å². The quantitative estimate of drug-likeness (QED) is 0.397. The SMILES string of the molecule is CSCC(=O)N=C=O. The Hall–Kier alpha value is -0.600. The summed E-state index contributed by atoms with van der Waals surface area (Å²) >= 11 is 1.33. The van der Waals surface area contributed by atoms with E-state index in [1.54, 1.807) is 6.26 Å². The third-order valence-electron chi connectivity index (χ3n) is 0.438. The van der Waals surface area contributed by atoms with Gasteiger partial charge in [0.05, 0.1) is 5.75 Å². The Morgan fingerprint density at radius 1 is 1.88 bits per heavy atom. The average molecular weight is 131 g/mol. The molecule has 0 aliphatic rings. The van der Waals surface area contributed by atoms with Crippen LogP contribution in [0.15, 0.2) is 4.99 Å². The van der Waals surface area contributed by atoms with Crippen molar-refractivity contribution in [3.05, 3.63) is 0 Å². The van der Waals surface area contributed by atoms with E-state index in [9.17, 15) is 9.59 Å². The Morgan fingerprint density at radius 2 is 2.50 bits per heavy atom. The number of aliphatic imine (C=N–C) groups is 1. The number of nitrogens with zero attached hydrogens (tertiary/aromatic N) is 1. The van der Waals surface area contributed by atoms with Crippen molar-refractivity contribution >= 4 is 23.7 Å². The van der Waals surface area contributed by atoms with E-state index in [0.29, 0.717) is 0 Å². The molecule has 8 heavy (non-hydrogen) atoms. The lowest BCUT2D eigenvalue weighted by molar-refractivity contribution is -0.115. The van der Waals surface area contributed by atoms with Gasteiger partial charge in [-0.1, -0.05) is 0 Å². The molecule has 3 nitrogen and oxygen atoms in total. The second-order valence-corrected chi connectivity index (χ2v) is 1.90. The highest BCUT2D eigenvalue weighted by Gasteiger charge is 1.92. The normalized spacial score (nSPS) is 7.62. The van der Waals surface area contributed by atoms with Gasteiger partial charge in [0.15, 0.2) is 0 Å². The molecule has 0 aromatic rings. The van der Waals surface area contributed by atoms with E-state index < -0.39 is 5.91 Å². The van der Waals surface area contributed by atoms with Crippen LogP contribution in [0.3, 0.4) is 0 Å². The first-order chi connectivity index (χ1) is 3.81. The Labute approximate surface area is 51.2 Å². The molecule has 0 saturated heterocycles. The number of rotatable bonds is 2. The predicted octanol–water partition coefficient (Wildman–Crippen LogP) is 0.212. The molecule has 0 N–H and O–H groups in total. The van der Waals surface area contributed by atoms with E-state index in [1.165, 1.54) is 11.8 Å². The second-order valence-electron chi connectivity index (χ2n) is 1.03. The van der Waals surface area contributed by atoms with Gasteiger partial charge in [-0.15, -0.1) is 4.99 Å². The molecule has 0 saturated carbocycles. The zero-order chi connectivity index (χ0) is 6.41. The fourth-order valence-electron chi connectivity index (χ4n) is 0.207. The van der Waals surface area contributed by atoms with Crippen LogP contribution >= 0.6 is 11.8 Å². The third-order valence-corrected chi connectivity index (χ3v) is 0.974. The number of carbonyl (C=O) groups excluding carboxylic acids is 2. The molecule has 0 spiro atoms. The van der Waals surface area contributed by atoms with Gasteiger partial charge in [-0.25, -0.2) is 4.79 Å². The fraction of sp³-hybridized carbons (Fsp3) is 0.500. The van der Waals surface area contributed by atoms with Crippen LogP contribution in [0.1, 0.15) is 0 Å². The van der Waals surface area contributed by atoms with Crippen LogP contribution in [0.2, 0.25) is 0 Å². The highest BCUT2D eigenvalue weighted by Crippen LogP contribution is 1.90. The van der Waals surface area contributed by atoms with Crippen LogP contribution < -0.4 is 0 Å². The lowest BCUT2D eigenvalue weighted by Gasteiger charge is -1.81. The van der Waals surface area contributed by atoms with Crippen molar-refractivity contribution < 1.29 is 9.59 Å². The first-order valence-electron chi connectivity index (χ1n) is 1.91. The molecule has 0 fully saturated rings. The van der Waals surface area contributed by atoms with Crippen molar-refractivity contribution in [2.75, 3.05) is 12.0 Å². The van der Waals surface area contributed by atoms with Crippen molar-refractivity contribution in [2.24, 2.45) is 4.99 Å². The van der Waals surface area contributed by atoms with Crippen molar-refractivity contribution in [1.29, 1.82) is 0 Å². The number of amides is 1. The standard InChI is InChI=1S/C4H5NO2S/c1-8-2-4(7)5-3-6/h2H2,1H3. The van der Waals surface area contributed by atoms with Gasteiger partial charge in [0.2, 0.25) is 6.08 Å². The summed E-state index contributed by atoms with van der Waals surface area (Å²) in [6.07, 6.45) is 2.93. The molecule has 0 heterocycles. The smallest absolute Gasteiger partial charge is 0.266 e. The minimum atomic E-state index is -0.424. The van der Waals surface area contributed by atoms with Crippen LogP contribution in [-0.4, -0.2) is 24.0 Å². The van der Waals surface area contributed by atoms with Gasteiger partial charge in [-0.05, 0) is 6.26 Å². The van der Waals surface area contributed by atoms with Crippen LogP contribution in [0.4, 0.5) is 0 Å². The fourth-order valence-corrected chi connectivity index (χ4v) is 0.518.